The molecule has 1 aliphatic carbocycles. The molecule has 0 aromatic heterocycles. The van der Waals surface area contributed by atoms with Gasteiger partial charge in [-0.2, -0.15) is 0 Å². The second-order valence-electron chi connectivity index (χ2n) is 4.10. The summed E-state index contributed by atoms with van der Waals surface area (Å²) in [7, 11) is 3.26. The third-order valence-electron chi connectivity index (χ3n) is 3.16. The molecule has 0 spiro atoms. The SMILES string of the molecule is CC(C(=O)O)N(C)C(=O)N(C)C1CCC1. The van der Waals surface area contributed by atoms with Crippen LogP contribution in [0.2, 0.25) is 0 Å². The molecule has 0 aromatic rings. The van der Waals surface area contributed by atoms with Gasteiger partial charge in [0.25, 0.3) is 0 Å². The molecule has 1 N–H and O–H groups in total. The number of likely N-dealkylation sites (N-methyl/N-ethyl adjacent to an activating group) is 1. The van der Waals surface area contributed by atoms with Crippen LogP contribution in [0.1, 0.15) is 26.2 Å². The maximum atomic E-state index is 11.8. The molecule has 1 aliphatic rings. The third-order valence-corrected chi connectivity index (χ3v) is 3.16. The first-order valence-corrected chi connectivity index (χ1v) is 5.17. The van der Waals surface area contributed by atoms with Crippen molar-refractivity contribution in [2.45, 2.75) is 38.3 Å². The minimum Gasteiger partial charge on any atom is -0.480 e. The van der Waals surface area contributed by atoms with Crippen LogP contribution in [0.25, 0.3) is 0 Å². The molecular formula is C10H18N2O3. The molecule has 1 unspecified atom stereocenters. The molecule has 0 heterocycles. The molecule has 1 saturated carbocycles. The van der Waals surface area contributed by atoms with Gasteiger partial charge in [0.05, 0.1) is 0 Å². The van der Waals surface area contributed by atoms with E-state index in [-0.39, 0.29) is 6.03 Å². The lowest BCUT2D eigenvalue weighted by molar-refractivity contribution is -0.141. The van der Waals surface area contributed by atoms with Gasteiger partial charge in [-0.25, -0.2) is 9.59 Å². The smallest absolute Gasteiger partial charge is 0.326 e. The van der Waals surface area contributed by atoms with E-state index in [4.69, 9.17) is 5.11 Å². The topological polar surface area (TPSA) is 60.9 Å². The van der Waals surface area contributed by atoms with Gasteiger partial charge in [-0.3, -0.25) is 0 Å². The number of hydrogen-bond acceptors (Lipinski definition) is 2. The van der Waals surface area contributed by atoms with Crippen molar-refractivity contribution in [2.75, 3.05) is 14.1 Å². The summed E-state index contributed by atoms with van der Waals surface area (Å²) in [6.07, 6.45) is 3.20. The van der Waals surface area contributed by atoms with Gasteiger partial charge < -0.3 is 14.9 Å². The van der Waals surface area contributed by atoms with Crippen molar-refractivity contribution in [3.8, 4) is 0 Å². The summed E-state index contributed by atoms with van der Waals surface area (Å²) in [6, 6.07) is -0.699. The van der Waals surface area contributed by atoms with Crippen LogP contribution in [0.3, 0.4) is 0 Å². The summed E-state index contributed by atoms with van der Waals surface area (Å²) in [6.45, 7) is 1.51. The fraction of sp³-hybridized carbons (Fsp3) is 0.800. The lowest BCUT2D eigenvalue weighted by Gasteiger charge is -2.37. The average molecular weight is 214 g/mol. The highest BCUT2D eigenvalue weighted by molar-refractivity contribution is 5.82. The van der Waals surface area contributed by atoms with Crippen LogP contribution in [0, 0.1) is 0 Å². The van der Waals surface area contributed by atoms with Crippen LogP contribution in [0.4, 0.5) is 4.79 Å². The number of urea groups is 1. The van der Waals surface area contributed by atoms with Gasteiger partial charge in [0.1, 0.15) is 6.04 Å². The third kappa shape index (κ3) is 2.40. The van der Waals surface area contributed by atoms with Crippen LogP contribution in [-0.4, -0.2) is 53.1 Å². The quantitative estimate of drug-likeness (QED) is 0.762. The Morgan fingerprint density at radius 3 is 2.20 bits per heavy atom. The van der Waals surface area contributed by atoms with Crippen LogP contribution in [0.15, 0.2) is 0 Å². The van der Waals surface area contributed by atoms with E-state index in [1.54, 1.807) is 11.9 Å². The lowest BCUT2D eigenvalue weighted by atomic mass is 9.92. The molecule has 5 heteroatoms. The number of rotatable bonds is 3. The van der Waals surface area contributed by atoms with Gasteiger partial charge in [-0.15, -0.1) is 0 Å². The van der Waals surface area contributed by atoms with E-state index >= 15 is 0 Å². The highest BCUT2D eigenvalue weighted by Gasteiger charge is 2.30. The maximum Gasteiger partial charge on any atom is 0.326 e. The van der Waals surface area contributed by atoms with E-state index in [1.165, 1.54) is 18.9 Å². The highest BCUT2D eigenvalue weighted by Crippen LogP contribution is 2.24. The molecule has 0 aromatic carbocycles. The Morgan fingerprint density at radius 2 is 1.87 bits per heavy atom. The Labute approximate surface area is 89.7 Å². The standard InChI is InChI=1S/C10H18N2O3/c1-7(9(13)14)11(2)10(15)12(3)8-5-4-6-8/h7-8H,4-6H2,1-3H3,(H,13,14). The van der Waals surface area contributed by atoms with Crippen LogP contribution in [-0.2, 0) is 4.79 Å². The van der Waals surface area contributed by atoms with Gasteiger partial charge in [-0.1, -0.05) is 0 Å². The molecule has 2 amide bonds. The van der Waals surface area contributed by atoms with Crippen LogP contribution in [0.5, 0.6) is 0 Å². The van der Waals surface area contributed by atoms with E-state index in [9.17, 15) is 9.59 Å². The first-order chi connectivity index (χ1) is 6.95. The molecule has 1 rings (SSSR count). The number of carboxylic acid groups (broad SMARTS) is 1. The molecule has 5 nitrogen and oxygen atoms in total. The average Bonchev–Trinajstić information content (AvgIpc) is 2.11. The minimum atomic E-state index is -0.979. The molecule has 0 radical (unpaired) electrons. The number of carbonyl (C=O) groups excluding carboxylic acids is 1. The number of aliphatic carboxylic acids is 1. The first kappa shape index (κ1) is 11.8. The number of carbonyl (C=O) groups is 2. The fourth-order valence-electron chi connectivity index (χ4n) is 1.51. The van der Waals surface area contributed by atoms with E-state index in [2.05, 4.69) is 0 Å². The highest BCUT2D eigenvalue weighted by atomic mass is 16.4. The van der Waals surface area contributed by atoms with Crippen molar-refractivity contribution in [1.29, 1.82) is 0 Å². The van der Waals surface area contributed by atoms with E-state index in [0.717, 1.165) is 19.3 Å². The van der Waals surface area contributed by atoms with Crippen molar-refractivity contribution in [3.05, 3.63) is 0 Å². The zero-order chi connectivity index (χ0) is 11.6. The predicted octanol–water partition coefficient (Wildman–Crippen LogP) is 0.996. The maximum absolute atomic E-state index is 11.8. The van der Waals surface area contributed by atoms with Gasteiger partial charge in [0.2, 0.25) is 0 Å². The lowest BCUT2D eigenvalue weighted by Crippen LogP contribution is -2.51. The van der Waals surface area contributed by atoms with Crippen LogP contribution < -0.4 is 0 Å². The molecule has 15 heavy (non-hydrogen) atoms. The van der Waals surface area contributed by atoms with Crippen molar-refractivity contribution in [3.63, 3.8) is 0 Å². The molecule has 0 bridgehead atoms. The predicted molar refractivity (Wildman–Crippen MR) is 55.7 cm³/mol. The summed E-state index contributed by atoms with van der Waals surface area (Å²) >= 11 is 0. The molecule has 0 saturated heterocycles. The van der Waals surface area contributed by atoms with Crippen molar-refractivity contribution >= 4 is 12.0 Å². The number of carboxylic acids is 1. The molecule has 86 valence electrons. The van der Waals surface area contributed by atoms with E-state index in [0.29, 0.717) is 6.04 Å². The second-order valence-corrected chi connectivity index (χ2v) is 4.10. The largest absolute Gasteiger partial charge is 0.480 e. The molecule has 0 aliphatic heterocycles. The zero-order valence-corrected chi connectivity index (χ0v) is 9.43. The van der Waals surface area contributed by atoms with Gasteiger partial charge in [-0.05, 0) is 26.2 Å². The van der Waals surface area contributed by atoms with Gasteiger partial charge in [0, 0.05) is 20.1 Å². The number of nitrogens with zero attached hydrogens (tertiary/aromatic N) is 2. The summed E-state index contributed by atoms with van der Waals surface area (Å²) in [5.41, 5.74) is 0. The Bertz CT molecular complexity index is 263. The summed E-state index contributed by atoms with van der Waals surface area (Å²) in [5.74, 6) is -0.979. The first-order valence-electron chi connectivity index (χ1n) is 5.17. The Kier molecular flexibility index (Phi) is 3.55. The summed E-state index contributed by atoms with van der Waals surface area (Å²) in [4.78, 5) is 25.4. The van der Waals surface area contributed by atoms with Crippen LogP contribution >= 0.6 is 0 Å². The summed E-state index contributed by atoms with van der Waals surface area (Å²) in [5, 5.41) is 8.78. The molecular weight excluding hydrogens is 196 g/mol. The monoisotopic (exact) mass is 214 g/mol. The molecule has 1 fully saturated rings. The van der Waals surface area contributed by atoms with Crippen molar-refractivity contribution in [2.24, 2.45) is 0 Å². The number of amides is 2. The Hall–Kier alpha value is -1.26. The fourth-order valence-corrected chi connectivity index (χ4v) is 1.51. The van der Waals surface area contributed by atoms with E-state index in [1.807, 2.05) is 0 Å². The van der Waals surface area contributed by atoms with Crippen molar-refractivity contribution in [1.82, 2.24) is 9.80 Å². The second kappa shape index (κ2) is 4.51. The normalized spacial score (nSPS) is 17.8. The minimum absolute atomic E-state index is 0.213. The van der Waals surface area contributed by atoms with Gasteiger partial charge >= 0.3 is 12.0 Å². The summed E-state index contributed by atoms with van der Waals surface area (Å²) < 4.78 is 0. The Morgan fingerprint density at radius 1 is 1.33 bits per heavy atom. The van der Waals surface area contributed by atoms with E-state index < -0.39 is 12.0 Å². The zero-order valence-electron chi connectivity index (χ0n) is 9.43. The van der Waals surface area contributed by atoms with Gasteiger partial charge in [0.15, 0.2) is 0 Å². The number of hydrogen-bond donors (Lipinski definition) is 1. The van der Waals surface area contributed by atoms with Crippen molar-refractivity contribution < 1.29 is 14.7 Å². The molecule has 1 atom stereocenters. The Balaban J connectivity index is 2.54.